The van der Waals surface area contributed by atoms with Crippen molar-refractivity contribution in [1.82, 2.24) is 0 Å². The topological polar surface area (TPSA) is 26.3 Å². The van der Waals surface area contributed by atoms with Crippen LogP contribution in [0.15, 0.2) is 53.0 Å². The fourth-order valence-electron chi connectivity index (χ4n) is 1.79. The summed E-state index contributed by atoms with van der Waals surface area (Å²) in [7, 11) is 0. The van der Waals surface area contributed by atoms with Gasteiger partial charge in [0.05, 0.1) is 5.56 Å². The molecular formula is C15H10BrF3O2. The van der Waals surface area contributed by atoms with Crippen molar-refractivity contribution in [2.75, 3.05) is 0 Å². The third-order valence-electron chi connectivity index (χ3n) is 2.69. The SMILES string of the molecule is O=C(Cc1ccc(Br)cc1)c1ccccc1OC(F)(F)F. The first-order valence-electron chi connectivity index (χ1n) is 5.97. The van der Waals surface area contributed by atoms with E-state index in [2.05, 4.69) is 20.7 Å². The van der Waals surface area contributed by atoms with Crippen LogP contribution in [0, 0.1) is 0 Å². The van der Waals surface area contributed by atoms with Crippen LogP contribution in [0.3, 0.4) is 0 Å². The molecule has 0 saturated heterocycles. The molecule has 0 atom stereocenters. The molecule has 0 heterocycles. The molecule has 0 spiro atoms. The maximum Gasteiger partial charge on any atom is 0.573 e. The minimum absolute atomic E-state index is 0.00547. The van der Waals surface area contributed by atoms with E-state index < -0.39 is 17.9 Å². The van der Waals surface area contributed by atoms with E-state index in [0.29, 0.717) is 5.56 Å². The Morgan fingerprint density at radius 3 is 2.29 bits per heavy atom. The Hall–Kier alpha value is -1.82. The van der Waals surface area contributed by atoms with E-state index >= 15 is 0 Å². The largest absolute Gasteiger partial charge is 0.573 e. The first-order chi connectivity index (χ1) is 9.85. The summed E-state index contributed by atoms with van der Waals surface area (Å²) in [5, 5.41) is 0. The highest BCUT2D eigenvalue weighted by Gasteiger charge is 2.32. The molecule has 0 aliphatic heterocycles. The average Bonchev–Trinajstić information content (AvgIpc) is 2.40. The summed E-state index contributed by atoms with van der Waals surface area (Å²) in [6.45, 7) is 0. The Morgan fingerprint density at radius 2 is 1.67 bits per heavy atom. The molecule has 2 nitrogen and oxygen atoms in total. The zero-order valence-electron chi connectivity index (χ0n) is 10.7. The van der Waals surface area contributed by atoms with E-state index in [1.54, 1.807) is 24.3 Å². The van der Waals surface area contributed by atoms with Crippen molar-refractivity contribution in [1.29, 1.82) is 0 Å². The van der Waals surface area contributed by atoms with Crippen LogP contribution in [0.2, 0.25) is 0 Å². The Balaban J connectivity index is 2.21. The Bertz CT molecular complexity index is 636. The fourth-order valence-corrected chi connectivity index (χ4v) is 2.06. The summed E-state index contributed by atoms with van der Waals surface area (Å²) >= 11 is 3.27. The normalized spacial score (nSPS) is 11.2. The van der Waals surface area contributed by atoms with Gasteiger partial charge in [0.15, 0.2) is 5.78 Å². The molecule has 0 bridgehead atoms. The molecule has 110 valence electrons. The first kappa shape index (κ1) is 15.6. The molecule has 0 N–H and O–H groups in total. The Morgan fingerprint density at radius 1 is 1.05 bits per heavy atom. The smallest absolute Gasteiger partial charge is 0.405 e. The van der Waals surface area contributed by atoms with Gasteiger partial charge in [0.2, 0.25) is 0 Å². The van der Waals surface area contributed by atoms with Crippen molar-refractivity contribution in [3.8, 4) is 5.75 Å². The first-order valence-corrected chi connectivity index (χ1v) is 6.77. The van der Waals surface area contributed by atoms with Crippen LogP contribution in [0.4, 0.5) is 13.2 Å². The van der Waals surface area contributed by atoms with Crippen LogP contribution < -0.4 is 4.74 Å². The minimum Gasteiger partial charge on any atom is -0.405 e. The number of carbonyl (C=O) groups is 1. The Labute approximate surface area is 127 Å². The molecule has 0 radical (unpaired) electrons. The number of Topliss-reactive ketones (excluding diaryl/α,β-unsaturated/α-hetero) is 1. The second-order valence-electron chi connectivity index (χ2n) is 4.27. The van der Waals surface area contributed by atoms with Crippen LogP contribution in [0.1, 0.15) is 15.9 Å². The molecule has 0 aliphatic rings. The number of hydrogen-bond acceptors (Lipinski definition) is 2. The van der Waals surface area contributed by atoms with Gasteiger partial charge in [-0.1, -0.05) is 40.2 Å². The average molecular weight is 359 g/mol. The maximum absolute atomic E-state index is 12.3. The molecule has 0 unspecified atom stereocenters. The lowest BCUT2D eigenvalue weighted by atomic mass is 10.0. The highest BCUT2D eigenvalue weighted by atomic mass is 79.9. The maximum atomic E-state index is 12.3. The fraction of sp³-hybridized carbons (Fsp3) is 0.133. The number of alkyl halides is 3. The van der Waals surface area contributed by atoms with Gasteiger partial charge in [0.1, 0.15) is 5.75 Å². The number of ether oxygens (including phenoxy) is 1. The second-order valence-corrected chi connectivity index (χ2v) is 5.19. The van der Waals surface area contributed by atoms with E-state index in [1.165, 1.54) is 18.2 Å². The monoisotopic (exact) mass is 358 g/mol. The van der Waals surface area contributed by atoms with Gasteiger partial charge in [-0.2, -0.15) is 0 Å². The van der Waals surface area contributed by atoms with E-state index in [9.17, 15) is 18.0 Å². The summed E-state index contributed by atoms with van der Waals surface area (Å²) in [4.78, 5) is 12.1. The van der Waals surface area contributed by atoms with E-state index in [1.807, 2.05) is 0 Å². The number of hydrogen-bond donors (Lipinski definition) is 0. The number of benzene rings is 2. The molecule has 6 heteroatoms. The summed E-state index contributed by atoms with van der Waals surface area (Å²) in [5.41, 5.74) is 0.628. The standard InChI is InChI=1S/C15H10BrF3O2/c16-11-7-5-10(6-8-11)9-13(20)12-3-1-2-4-14(12)21-15(17,18)19/h1-8H,9H2. The van der Waals surface area contributed by atoms with Gasteiger partial charge in [-0.3, -0.25) is 4.79 Å². The van der Waals surface area contributed by atoms with E-state index in [0.717, 1.165) is 10.5 Å². The molecule has 0 saturated carbocycles. The number of carbonyl (C=O) groups excluding carboxylic acids is 1. The van der Waals surface area contributed by atoms with Gasteiger partial charge in [0.25, 0.3) is 0 Å². The zero-order valence-corrected chi connectivity index (χ0v) is 12.2. The van der Waals surface area contributed by atoms with E-state index in [4.69, 9.17) is 0 Å². The third kappa shape index (κ3) is 4.60. The van der Waals surface area contributed by atoms with Crippen LogP contribution >= 0.6 is 15.9 Å². The van der Waals surface area contributed by atoms with Gasteiger partial charge >= 0.3 is 6.36 Å². The lowest BCUT2D eigenvalue weighted by molar-refractivity contribution is -0.274. The van der Waals surface area contributed by atoms with Gasteiger partial charge in [0, 0.05) is 10.9 Å². The number of halogens is 4. The van der Waals surface area contributed by atoms with Gasteiger partial charge in [-0.25, -0.2) is 0 Å². The molecule has 2 aromatic carbocycles. The van der Waals surface area contributed by atoms with E-state index in [-0.39, 0.29) is 12.0 Å². The van der Waals surface area contributed by atoms with Crippen LogP contribution in [-0.2, 0) is 6.42 Å². The van der Waals surface area contributed by atoms with Crippen molar-refractivity contribution in [2.45, 2.75) is 12.8 Å². The highest BCUT2D eigenvalue weighted by molar-refractivity contribution is 9.10. The third-order valence-corrected chi connectivity index (χ3v) is 3.22. The summed E-state index contributed by atoms with van der Waals surface area (Å²) in [5.74, 6) is -0.913. The second kappa shape index (κ2) is 6.30. The number of rotatable bonds is 4. The van der Waals surface area contributed by atoms with Gasteiger partial charge in [-0.05, 0) is 29.8 Å². The predicted octanol–water partition coefficient (Wildman–Crippen LogP) is 4.77. The van der Waals surface area contributed by atoms with Crippen LogP contribution in [-0.4, -0.2) is 12.1 Å². The Kier molecular flexibility index (Phi) is 4.67. The molecule has 0 aromatic heterocycles. The van der Waals surface area contributed by atoms with Gasteiger partial charge in [-0.15, -0.1) is 13.2 Å². The van der Waals surface area contributed by atoms with Gasteiger partial charge < -0.3 is 4.74 Å². The molecular weight excluding hydrogens is 349 g/mol. The molecule has 2 rings (SSSR count). The zero-order chi connectivity index (χ0) is 15.5. The predicted molar refractivity (Wildman–Crippen MR) is 75.3 cm³/mol. The molecule has 2 aromatic rings. The lowest BCUT2D eigenvalue weighted by Crippen LogP contribution is -2.19. The van der Waals surface area contributed by atoms with Crippen molar-refractivity contribution < 1.29 is 22.7 Å². The number of para-hydroxylation sites is 1. The van der Waals surface area contributed by atoms with Crippen molar-refractivity contribution in [3.05, 3.63) is 64.1 Å². The van der Waals surface area contributed by atoms with Crippen LogP contribution in [0.5, 0.6) is 5.75 Å². The summed E-state index contributed by atoms with van der Waals surface area (Å²) < 4.78 is 41.7. The highest BCUT2D eigenvalue weighted by Crippen LogP contribution is 2.27. The molecule has 0 aliphatic carbocycles. The van der Waals surface area contributed by atoms with Crippen molar-refractivity contribution in [3.63, 3.8) is 0 Å². The van der Waals surface area contributed by atoms with Crippen molar-refractivity contribution >= 4 is 21.7 Å². The minimum atomic E-state index is -4.83. The molecule has 0 fully saturated rings. The lowest BCUT2D eigenvalue weighted by Gasteiger charge is -2.12. The number of ketones is 1. The quantitative estimate of drug-likeness (QED) is 0.735. The van der Waals surface area contributed by atoms with Crippen molar-refractivity contribution in [2.24, 2.45) is 0 Å². The summed E-state index contributed by atoms with van der Waals surface area (Å²) in [6.07, 6.45) is -4.82. The summed E-state index contributed by atoms with van der Waals surface area (Å²) in [6, 6.07) is 12.3. The van der Waals surface area contributed by atoms with Crippen LogP contribution in [0.25, 0.3) is 0 Å². The molecule has 0 amide bonds. The molecule has 21 heavy (non-hydrogen) atoms.